The van der Waals surface area contributed by atoms with Gasteiger partial charge in [-0.25, -0.2) is 4.39 Å². The van der Waals surface area contributed by atoms with Crippen molar-refractivity contribution < 1.29 is 9.18 Å². The number of piperidine rings is 1. The maximum atomic E-state index is 13.2. The minimum Gasteiger partial charge on any atom is -0.349 e. The lowest BCUT2D eigenvalue weighted by atomic mass is 9.81. The Labute approximate surface area is 145 Å². The van der Waals surface area contributed by atoms with E-state index in [4.69, 9.17) is 0 Å². The lowest BCUT2D eigenvalue weighted by Gasteiger charge is -2.33. The smallest absolute Gasteiger partial charge is 0.220 e. The van der Waals surface area contributed by atoms with Crippen molar-refractivity contribution in [2.75, 3.05) is 13.1 Å². The summed E-state index contributed by atoms with van der Waals surface area (Å²) < 4.78 is 13.2. The van der Waals surface area contributed by atoms with Gasteiger partial charge in [0.25, 0.3) is 0 Å². The van der Waals surface area contributed by atoms with Crippen LogP contribution in [0.3, 0.4) is 0 Å². The van der Waals surface area contributed by atoms with E-state index in [9.17, 15) is 9.18 Å². The zero-order chi connectivity index (χ0) is 17.7. The molecule has 1 amide bonds. The van der Waals surface area contributed by atoms with Gasteiger partial charge < -0.3 is 10.6 Å². The van der Waals surface area contributed by atoms with E-state index in [-0.39, 0.29) is 23.2 Å². The van der Waals surface area contributed by atoms with E-state index >= 15 is 0 Å². The number of hydrogen-bond donors (Lipinski definition) is 2. The van der Waals surface area contributed by atoms with Crippen molar-refractivity contribution in [2.24, 2.45) is 17.3 Å². The second-order valence-electron chi connectivity index (χ2n) is 8.21. The molecule has 0 bridgehead atoms. The Balaban J connectivity index is 2.00. The molecule has 0 aliphatic carbocycles. The Hall–Kier alpha value is -1.42. The summed E-state index contributed by atoms with van der Waals surface area (Å²) in [6, 6.07) is 6.31. The zero-order valence-corrected chi connectivity index (χ0v) is 15.4. The number of rotatable bonds is 5. The van der Waals surface area contributed by atoms with Crippen molar-refractivity contribution in [3.05, 3.63) is 35.6 Å². The van der Waals surface area contributed by atoms with Crippen LogP contribution in [0.1, 0.15) is 58.6 Å². The maximum absolute atomic E-state index is 13.2. The Morgan fingerprint density at radius 2 is 2.00 bits per heavy atom. The van der Waals surface area contributed by atoms with Crippen LogP contribution in [0.15, 0.2) is 24.3 Å². The van der Waals surface area contributed by atoms with Crippen LogP contribution in [0, 0.1) is 23.1 Å². The number of benzene rings is 1. The maximum Gasteiger partial charge on any atom is 0.220 e. The summed E-state index contributed by atoms with van der Waals surface area (Å²) in [5.41, 5.74) is 0.813. The highest BCUT2D eigenvalue weighted by Crippen LogP contribution is 2.33. The molecule has 0 saturated carbocycles. The van der Waals surface area contributed by atoms with Crippen molar-refractivity contribution in [1.82, 2.24) is 10.6 Å². The summed E-state index contributed by atoms with van der Waals surface area (Å²) in [7, 11) is 0. The molecular weight excluding hydrogens is 303 g/mol. The molecule has 1 aromatic rings. The molecule has 1 saturated heterocycles. The molecule has 1 fully saturated rings. The highest BCUT2D eigenvalue weighted by atomic mass is 19.1. The third-order valence-electron chi connectivity index (χ3n) is 5.02. The van der Waals surface area contributed by atoms with Gasteiger partial charge in [-0.3, -0.25) is 4.79 Å². The van der Waals surface area contributed by atoms with E-state index < -0.39 is 0 Å². The van der Waals surface area contributed by atoms with Crippen LogP contribution >= 0.6 is 0 Å². The quantitative estimate of drug-likeness (QED) is 0.853. The fourth-order valence-corrected chi connectivity index (χ4v) is 3.50. The number of amides is 1. The van der Waals surface area contributed by atoms with Crippen molar-refractivity contribution in [2.45, 2.75) is 53.0 Å². The van der Waals surface area contributed by atoms with Crippen LogP contribution in [-0.4, -0.2) is 19.0 Å². The van der Waals surface area contributed by atoms with Crippen LogP contribution in [0.2, 0.25) is 0 Å². The lowest BCUT2D eigenvalue weighted by molar-refractivity contribution is -0.123. The van der Waals surface area contributed by atoms with Gasteiger partial charge in [-0.15, -0.1) is 0 Å². The summed E-state index contributed by atoms with van der Waals surface area (Å²) in [4.78, 5) is 12.6. The van der Waals surface area contributed by atoms with Crippen LogP contribution < -0.4 is 10.6 Å². The largest absolute Gasteiger partial charge is 0.349 e. The van der Waals surface area contributed by atoms with Gasteiger partial charge in [-0.05, 0) is 60.9 Å². The predicted molar refractivity (Wildman–Crippen MR) is 96.1 cm³/mol. The highest BCUT2D eigenvalue weighted by molar-refractivity contribution is 5.76. The van der Waals surface area contributed by atoms with E-state index in [2.05, 4.69) is 38.3 Å². The van der Waals surface area contributed by atoms with Crippen molar-refractivity contribution in [3.8, 4) is 0 Å². The van der Waals surface area contributed by atoms with E-state index in [0.29, 0.717) is 18.3 Å². The standard InChI is InChI=1S/C20H31FN2O/c1-14(16-6-5-11-22-13-16)12-18(24)23-19(20(2,3)4)15-7-9-17(21)10-8-15/h7-10,14,16,19,22H,5-6,11-13H2,1-4H3,(H,23,24). The van der Waals surface area contributed by atoms with Gasteiger partial charge in [0, 0.05) is 6.42 Å². The number of carbonyl (C=O) groups excluding carboxylic acids is 1. The molecule has 1 aliphatic heterocycles. The summed E-state index contributed by atoms with van der Waals surface area (Å²) in [5, 5.41) is 6.60. The zero-order valence-electron chi connectivity index (χ0n) is 15.4. The molecule has 0 spiro atoms. The van der Waals surface area contributed by atoms with Crippen molar-refractivity contribution >= 4 is 5.91 Å². The van der Waals surface area contributed by atoms with Crippen molar-refractivity contribution in [3.63, 3.8) is 0 Å². The average molecular weight is 334 g/mol. The number of nitrogens with one attached hydrogen (secondary N) is 2. The fourth-order valence-electron chi connectivity index (χ4n) is 3.50. The molecule has 1 aromatic carbocycles. The van der Waals surface area contributed by atoms with Crippen molar-refractivity contribution in [1.29, 1.82) is 0 Å². The van der Waals surface area contributed by atoms with Crippen LogP contribution in [0.4, 0.5) is 4.39 Å². The molecule has 3 nitrogen and oxygen atoms in total. The Bertz CT molecular complexity index is 530. The van der Waals surface area contributed by atoms with E-state index in [1.54, 1.807) is 12.1 Å². The summed E-state index contributed by atoms with van der Waals surface area (Å²) in [6.07, 6.45) is 2.93. The van der Waals surface area contributed by atoms with E-state index in [1.165, 1.54) is 25.0 Å². The molecule has 0 radical (unpaired) electrons. The SMILES string of the molecule is CC(CC(=O)NC(c1ccc(F)cc1)C(C)(C)C)C1CCCNC1. The normalized spacial score (nSPS) is 21.1. The van der Waals surface area contributed by atoms with E-state index in [0.717, 1.165) is 18.7 Å². The minimum atomic E-state index is -0.254. The fraction of sp³-hybridized carbons (Fsp3) is 0.650. The molecule has 24 heavy (non-hydrogen) atoms. The topological polar surface area (TPSA) is 41.1 Å². The molecule has 2 rings (SSSR count). The monoisotopic (exact) mass is 334 g/mol. The van der Waals surface area contributed by atoms with Crippen LogP contribution in [-0.2, 0) is 4.79 Å². The first-order valence-corrected chi connectivity index (χ1v) is 9.03. The Morgan fingerprint density at radius 3 is 2.54 bits per heavy atom. The van der Waals surface area contributed by atoms with Gasteiger partial charge in [-0.2, -0.15) is 0 Å². The van der Waals surface area contributed by atoms with Gasteiger partial charge in [0.15, 0.2) is 0 Å². The molecular formula is C20H31FN2O. The molecule has 3 atom stereocenters. The molecule has 1 aliphatic rings. The first-order chi connectivity index (χ1) is 11.3. The molecule has 0 aromatic heterocycles. The average Bonchev–Trinajstić information content (AvgIpc) is 2.53. The number of carbonyl (C=O) groups is 1. The molecule has 1 heterocycles. The summed E-state index contributed by atoms with van der Waals surface area (Å²) in [5.74, 6) is 0.767. The first kappa shape index (κ1) is 18.9. The molecule has 3 unspecified atom stereocenters. The second-order valence-corrected chi connectivity index (χ2v) is 8.21. The highest BCUT2D eigenvalue weighted by Gasteiger charge is 2.29. The molecule has 134 valence electrons. The second kappa shape index (κ2) is 8.11. The predicted octanol–water partition coefficient (Wildman–Crippen LogP) is 4.05. The Kier molecular flexibility index (Phi) is 6.39. The third kappa shape index (κ3) is 5.30. The number of hydrogen-bond acceptors (Lipinski definition) is 2. The molecule has 2 N–H and O–H groups in total. The van der Waals surface area contributed by atoms with Gasteiger partial charge in [0.2, 0.25) is 5.91 Å². The summed E-state index contributed by atoms with van der Waals surface area (Å²) in [6.45, 7) is 10.5. The Morgan fingerprint density at radius 1 is 1.33 bits per heavy atom. The van der Waals surface area contributed by atoms with E-state index in [1.807, 2.05) is 0 Å². The third-order valence-corrected chi connectivity index (χ3v) is 5.02. The van der Waals surface area contributed by atoms with Crippen LogP contribution in [0.25, 0.3) is 0 Å². The van der Waals surface area contributed by atoms with Gasteiger partial charge in [0.05, 0.1) is 6.04 Å². The van der Waals surface area contributed by atoms with Gasteiger partial charge >= 0.3 is 0 Å². The molecule has 4 heteroatoms. The van der Waals surface area contributed by atoms with Gasteiger partial charge in [0.1, 0.15) is 5.82 Å². The lowest BCUT2D eigenvalue weighted by Crippen LogP contribution is -2.39. The number of halogens is 1. The minimum absolute atomic E-state index is 0.0809. The van der Waals surface area contributed by atoms with Gasteiger partial charge in [-0.1, -0.05) is 39.8 Å². The first-order valence-electron chi connectivity index (χ1n) is 9.03. The summed E-state index contributed by atoms with van der Waals surface area (Å²) >= 11 is 0. The van der Waals surface area contributed by atoms with Crippen LogP contribution in [0.5, 0.6) is 0 Å².